The molecule has 0 bridgehead atoms. The van der Waals surface area contributed by atoms with Crippen molar-refractivity contribution in [3.8, 4) is 5.75 Å². The molecule has 0 saturated carbocycles. The first-order chi connectivity index (χ1) is 11.4. The largest absolute Gasteiger partial charge is 0.497 e. The van der Waals surface area contributed by atoms with Gasteiger partial charge in [-0.2, -0.15) is 0 Å². The number of benzene rings is 2. The molecule has 0 saturated heterocycles. The molecule has 2 N–H and O–H groups in total. The SMILES string of the molecule is CCNC(=O)c1ccc(NS(=O)(=O)c2ccc(OC)cc2F)cc1. The number of rotatable bonds is 6. The second kappa shape index (κ2) is 7.31. The summed E-state index contributed by atoms with van der Waals surface area (Å²) >= 11 is 0. The van der Waals surface area contributed by atoms with Gasteiger partial charge in [0.2, 0.25) is 0 Å². The highest BCUT2D eigenvalue weighted by Crippen LogP contribution is 2.23. The Morgan fingerprint density at radius 2 is 1.83 bits per heavy atom. The average Bonchev–Trinajstić information content (AvgIpc) is 2.55. The van der Waals surface area contributed by atoms with Crippen LogP contribution in [0.3, 0.4) is 0 Å². The highest BCUT2D eigenvalue weighted by atomic mass is 32.2. The molecule has 8 heteroatoms. The summed E-state index contributed by atoms with van der Waals surface area (Å²) in [5, 5.41) is 2.63. The van der Waals surface area contributed by atoms with Crippen LogP contribution in [-0.2, 0) is 10.0 Å². The summed E-state index contributed by atoms with van der Waals surface area (Å²) in [5.41, 5.74) is 0.619. The molecule has 2 aromatic rings. The lowest BCUT2D eigenvalue weighted by atomic mass is 10.2. The molecule has 0 heterocycles. The molecule has 128 valence electrons. The molecule has 0 spiro atoms. The Hall–Kier alpha value is -2.61. The lowest BCUT2D eigenvalue weighted by molar-refractivity contribution is 0.0956. The lowest BCUT2D eigenvalue weighted by Gasteiger charge is -2.10. The van der Waals surface area contributed by atoms with Gasteiger partial charge in [0.1, 0.15) is 16.5 Å². The molecule has 6 nitrogen and oxygen atoms in total. The standard InChI is InChI=1S/C16H17FN2O4S/c1-3-18-16(20)11-4-6-12(7-5-11)19-24(21,22)15-9-8-13(23-2)10-14(15)17/h4-10,19H,3H2,1-2H3,(H,18,20). The third-order valence-electron chi connectivity index (χ3n) is 3.17. The van der Waals surface area contributed by atoms with Crippen LogP contribution in [0.5, 0.6) is 5.75 Å². The van der Waals surface area contributed by atoms with E-state index in [-0.39, 0.29) is 17.3 Å². The second-order valence-corrected chi connectivity index (χ2v) is 6.49. The summed E-state index contributed by atoms with van der Waals surface area (Å²) in [6.45, 7) is 2.29. The number of anilines is 1. The molecular formula is C16H17FN2O4S. The Morgan fingerprint density at radius 1 is 1.17 bits per heavy atom. The maximum Gasteiger partial charge on any atom is 0.264 e. The maximum absolute atomic E-state index is 13.9. The van der Waals surface area contributed by atoms with Gasteiger partial charge in [-0.05, 0) is 43.3 Å². The fourth-order valence-electron chi connectivity index (χ4n) is 1.99. The van der Waals surface area contributed by atoms with Crippen LogP contribution in [-0.4, -0.2) is 28.0 Å². The Morgan fingerprint density at radius 3 is 2.38 bits per heavy atom. The van der Waals surface area contributed by atoms with Gasteiger partial charge in [0.05, 0.1) is 7.11 Å². The van der Waals surface area contributed by atoms with Gasteiger partial charge < -0.3 is 10.1 Å². The average molecular weight is 352 g/mol. The third-order valence-corrected chi connectivity index (χ3v) is 4.58. The normalized spacial score (nSPS) is 11.0. The van der Waals surface area contributed by atoms with Crippen molar-refractivity contribution in [3.63, 3.8) is 0 Å². The van der Waals surface area contributed by atoms with Crippen LogP contribution in [0, 0.1) is 5.82 Å². The lowest BCUT2D eigenvalue weighted by Crippen LogP contribution is -2.22. The number of ether oxygens (including phenoxy) is 1. The van der Waals surface area contributed by atoms with E-state index in [0.29, 0.717) is 12.1 Å². The van der Waals surface area contributed by atoms with Crippen LogP contribution in [0.25, 0.3) is 0 Å². The summed E-state index contributed by atoms with van der Waals surface area (Å²) < 4.78 is 45.6. The van der Waals surface area contributed by atoms with E-state index in [1.54, 1.807) is 6.92 Å². The molecule has 1 amide bonds. The van der Waals surface area contributed by atoms with Crippen molar-refractivity contribution in [1.29, 1.82) is 0 Å². The minimum Gasteiger partial charge on any atom is -0.497 e. The topological polar surface area (TPSA) is 84.5 Å². The number of amides is 1. The number of hydrogen-bond donors (Lipinski definition) is 2. The Labute approximate surface area is 139 Å². The smallest absolute Gasteiger partial charge is 0.264 e. The number of nitrogens with one attached hydrogen (secondary N) is 2. The van der Waals surface area contributed by atoms with Crippen molar-refractivity contribution in [2.24, 2.45) is 0 Å². The number of halogens is 1. The quantitative estimate of drug-likeness (QED) is 0.836. The summed E-state index contributed by atoms with van der Waals surface area (Å²) in [5.74, 6) is -0.952. The Balaban J connectivity index is 2.22. The zero-order chi connectivity index (χ0) is 17.7. The van der Waals surface area contributed by atoms with Gasteiger partial charge in [0, 0.05) is 23.9 Å². The molecule has 0 fully saturated rings. The zero-order valence-corrected chi connectivity index (χ0v) is 14.0. The van der Waals surface area contributed by atoms with Gasteiger partial charge in [-0.1, -0.05) is 0 Å². The van der Waals surface area contributed by atoms with Crippen LogP contribution in [0.15, 0.2) is 47.4 Å². The van der Waals surface area contributed by atoms with Crippen molar-refractivity contribution in [2.75, 3.05) is 18.4 Å². The second-order valence-electron chi connectivity index (χ2n) is 4.84. The van der Waals surface area contributed by atoms with Gasteiger partial charge in [-0.25, -0.2) is 12.8 Å². The first kappa shape index (κ1) is 17.7. The highest BCUT2D eigenvalue weighted by Gasteiger charge is 2.20. The van der Waals surface area contributed by atoms with E-state index in [9.17, 15) is 17.6 Å². The summed E-state index contributed by atoms with van der Waals surface area (Å²) in [6, 6.07) is 9.30. The molecule has 0 aliphatic rings. The molecule has 0 aliphatic carbocycles. The van der Waals surface area contributed by atoms with E-state index in [1.807, 2.05) is 0 Å². The van der Waals surface area contributed by atoms with Crippen molar-refractivity contribution in [1.82, 2.24) is 5.32 Å². The Kier molecular flexibility index (Phi) is 5.40. The summed E-state index contributed by atoms with van der Waals surface area (Å²) in [4.78, 5) is 11.2. The van der Waals surface area contributed by atoms with Crippen LogP contribution >= 0.6 is 0 Å². The minimum atomic E-state index is -4.09. The molecule has 0 aromatic heterocycles. The number of carbonyl (C=O) groups is 1. The Bertz CT molecular complexity index is 836. The van der Waals surface area contributed by atoms with Gasteiger partial charge in [0.25, 0.3) is 15.9 Å². The van der Waals surface area contributed by atoms with E-state index < -0.39 is 20.7 Å². The van der Waals surface area contributed by atoms with Crippen molar-refractivity contribution in [2.45, 2.75) is 11.8 Å². The highest BCUT2D eigenvalue weighted by molar-refractivity contribution is 7.92. The molecule has 0 radical (unpaired) electrons. The van der Waals surface area contributed by atoms with Crippen molar-refractivity contribution >= 4 is 21.6 Å². The maximum atomic E-state index is 13.9. The number of methoxy groups -OCH3 is 1. The molecule has 24 heavy (non-hydrogen) atoms. The van der Waals surface area contributed by atoms with Gasteiger partial charge in [-0.3, -0.25) is 9.52 Å². The first-order valence-corrected chi connectivity index (χ1v) is 8.60. The van der Waals surface area contributed by atoms with E-state index in [1.165, 1.54) is 37.4 Å². The van der Waals surface area contributed by atoms with Gasteiger partial charge >= 0.3 is 0 Å². The molecule has 0 unspecified atom stereocenters. The van der Waals surface area contributed by atoms with Crippen molar-refractivity contribution < 1.29 is 22.3 Å². The van der Waals surface area contributed by atoms with E-state index in [0.717, 1.165) is 12.1 Å². The fraction of sp³-hybridized carbons (Fsp3) is 0.188. The summed E-state index contributed by atoms with van der Waals surface area (Å²) in [6.07, 6.45) is 0. The van der Waals surface area contributed by atoms with Crippen LogP contribution in [0.2, 0.25) is 0 Å². The molecule has 0 aliphatic heterocycles. The minimum absolute atomic E-state index is 0.220. The predicted molar refractivity (Wildman–Crippen MR) is 88.2 cm³/mol. The van der Waals surface area contributed by atoms with E-state index >= 15 is 0 Å². The number of carbonyl (C=O) groups excluding carboxylic acids is 1. The number of sulfonamides is 1. The molecule has 2 rings (SSSR count). The summed E-state index contributed by atoms with van der Waals surface area (Å²) in [7, 11) is -2.73. The predicted octanol–water partition coefficient (Wildman–Crippen LogP) is 2.38. The van der Waals surface area contributed by atoms with E-state index in [4.69, 9.17) is 4.74 Å². The van der Waals surface area contributed by atoms with Gasteiger partial charge in [-0.15, -0.1) is 0 Å². The number of hydrogen-bond acceptors (Lipinski definition) is 4. The third kappa shape index (κ3) is 4.02. The monoisotopic (exact) mass is 352 g/mol. The van der Waals surface area contributed by atoms with Crippen LogP contribution < -0.4 is 14.8 Å². The van der Waals surface area contributed by atoms with Crippen LogP contribution in [0.1, 0.15) is 17.3 Å². The van der Waals surface area contributed by atoms with Gasteiger partial charge in [0.15, 0.2) is 0 Å². The molecule has 2 aromatic carbocycles. The fourth-order valence-corrected chi connectivity index (χ4v) is 3.11. The van der Waals surface area contributed by atoms with Crippen molar-refractivity contribution in [3.05, 3.63) is 53.8 Å². The van der Waals surface area contributed by atoms with Crippen LogP contribution in [0.4, 0.5) is 10.1 Å². The molecular weight excluding hydrogens is 335 g/mol. The molecule has 0 atom stereocenters. The first-order valence-electron chi connectivity index (χ1n) is 7.12. The van der Waals surface area contributed by atoms with E-state index in [2.05, 4.69) is 10.0 Å². The zero-order valence-electron chi connectivity index (χ0n) is 13.2.